The number of nitrogens with zero attached hydrogens (tertiary/aromatic N) is 1. The Balaban J connectivity index is 3.06. The van der Waals surface area contributed by atoms with Crippen molar-refractivity contribution in [2.75, 3.05) is 27.7 Å². The molecule has 0 radical (unpaired) electrons. The van der Waals surface area contributed by atoms with Crippen molar-refractivity contribution in [1.29, 1.82) is 0 Å². The van der Waals surface area contributed by atoms with Crippen LogP contribution in [0, 0.1) is 0 Å². The summed E-state index contributed by atoms with van der Waals surface area (Å²) in [7, 11) is 5.42. The van der Waals surface area contributed by atoms with E-state index in [2.05, 4.69) is 4.74 Å². The van der Waals surface area contributed by atoms with Crippen molar-refractivity contribution in [1.82, 2.24) is 4.90 Å². The molecule has 1 unspecified atom stereocenters. The van der Waals surface area contributed by atoms with Gasteiger partial charge in [-0.15, -0.1) is 0 Å². The van der Waals surface area contributed by atoms with Crippen molar-refractivity contribution in [3.05, 3.63) is 0 Å². The Kier molecular flexibility index (Phi) is 4.67. The Labute approximate surface area is 56.2 Å². The monoisotopic (exact) mass is 133 g/mol. The van der Waals surface area contributed by atoms with E-state index in [-0.39, 0.29) is 0 Å². The van der Waals surface area contributed by atoms with Crippen LogP contribution in [-0.4, -0.2) is 44.0 Å². The summed E-state index contributed by atoms with van der Waals surface area (Å²) in [6.07, 6.45) is 0.0659. The summed E-state index contributed by atoms with van der Waals surface area (Å²) < 4.78 is 4.63. The van der Waals surface area contributed by atoms with Crippen LogP contribution in [-0.2, 0) is 4.74 Å². The predicted molar refractivity (Wildman–Crippen MR) is 36.2 cm³/mol. The zero-order valence-corrected chi connectivity index (χ0v) is 6.29. The molecule has 0 aliphatic rings. The second kappa shape index (κ2) is 4.73. The largest absolute Gasteiger partial charge is 0.368 e. The van der Waals surface area contributed by atoms with Gasteiger partial charge in [0.15, 0.2) is 6.29 Å². The number of aliphatic hydroxyl groups is 1. The van der Waals surface area contributed by atoms with Gasteiger partial charge in [-0.3, -0.25) is 0 Å². The lowest BCUT2D eigenvalue weighted by Crippen LogP contribution is -2.20. The molecule has 0 amide bonds. The molecular formula is C6H15NO2. The second-order valence-corrected chi connectivity index (χ2v) is 2.28. The van der Waals surface area contributed by atoms with Gasteiger partial charge in [-0.1, -0.05) is 0 Å². The number of hydrogen-bond acceptors (Lipinski definition) is 3. The summed E-state index contributed by atoms with van der Waals surface area (Å²) in [6, 6.07) is 0. The molecule has 0 saturated heterocycles. The molecule has 56 valence electrons. The van der Waals surface area contributed by atoms with Crippen LogP contribution in [0.5, 0.6) is 0 Å². The SMILES string of the molecule is COC(O)CCN(C)C. The quantitative estimate of drug-likeness (QED) is 0.544. The maximum atomic E-state index is 8.86. The molecule has 0 bridgehead atoms. The summed E-state index contributed by atoms with van der Waals surface area (Å²) >= 11 is 0. The highest BCUT2D eigenvalue weighted by Crippen LogP contribution is 1.91. The minimum atomic E-state index is -0.604. The van der Waals surface area contributed by atoms with Crippen molar-refractivity contribution in [2.24, 2.45) is 0 Å². The molecule has 3 heteroatoms. The summed E-state index contributed by atoms with van der Waals surface area (Å²) in [5.74, 6) is 0. The molecular weight excluding hydrogens is 118 g/mol. The molecule has 1 N–H and O–H groups in total. The molecule has 0 aliphatic heterocycles. The highest BCUT2D eigenvalue weighted by Gasteiger charge is 1.99. The third kappa shape index (κ3) is 5.76. The van der Waals surface area contributed by atoms with E-state index in [1.807, 2.05) is 19.0 Å². The lowest BCUT2D eigenvalue weighted by Gasteiger charge is -2.12. The van der Waals surface area contributed by atoms with Crippen LogP contribution in [0.4, 0.5) is 0 Å². The van der Waals surface area contributed by atoms with Gasteiger partial charge >= 0.3 is 0 Å². The van der Waals surface area contributed by atoms with Gasteiger partial charge in [0.2, 0.25) is 0 Å². The maximum Gasteiger partial charge on any atom is 0.155 e. The second-order valence-electron chi connectivity index (χ2n) is 2.28. The van der Waals surface area contributed by atoms with E-state index in [4.69, 9.17) is 5.11 Å². The van der Waals surface area contributed by atoms with Crippen LogP contribution in [0.2, 0.25) is 0 Å². The first-order valence-electron chi connectivity index (χ1n) is 3.02. The molecule has 0 aromatic rings. The topological polar surface area (TPSA) is 32.7 Å². The Hall–Kier alpha value is -0.120. The van der Waals surface area contributed by atoms with E-state index < -0.39 is 6.29 Å². The summed E-state index contributed by atoms with van der Waals surface area (Å²) in [5.41, 5.74) is 0. The first-order valence-corrected chi connectivity index (χ1v) is 3.02. The molecule has 0 rings (SSSR count). The van der Waals surface area contributed by atoms with Crippen LogP contribution < -0.4 is 0 Å². The number of rotatable bonds is 4. The molecule has 0 aliphatic carbocycles. The minimum Gasteiger partial charge on any atom is -0.368 e. The average Bonchev–Trinajstić information content (AvgIpc) is 1.83. The molecule has 0 aromatic carbocycles. The van der Waals surface area contributed by atoms with Gasteiger partial charge in [0, 0.05) is 20.1 Å². The number of aliphatic hydroxyl groups excluding tert-OH is 1. The van der Waals surface area contributed by atoms with Gasteiger partial charge < -0.3 is 14.7 Å². The lowest BCUT2D eigenvalue weighted by molar-refractivity contribution is -0.0805. The Morgan fingerprint density at radius 3 is 2.44 bits per heavy atom. The first-order chi connectivity index (χ1) is 4.16. The van der Waals surface area contributed by atoms with Crippen LogP contribution >= 0.6 is 0 Å². The highest BCUT2D eigenvalue weighted by molar-refractivity contribution is 4.45. The Bertz CT molecular complexity index is 66.1. The third-order valence-corrected chi connectivity index (χ3v) is 1.10. The van der Waals surface area contributed by atoms with E-state index in [1.54, 1.807) is 0 Å². The predicted octanol–water partition coefficient (Wildman–Crippen LogP) is -0.0971. The zero-order valence-electron chi connectivity index (χ0n) is 6.29. The van der Waals surface area contributed by atoms with Crippen molar-refractivity contribution in [3.63, 3.8) is 0 Å². The molecule has 0 heterocycles. The smallest absolute Gasteiger partial charge is 0.155 e. The molecule has 0 spiro atoms. The zero-order chi connectivity index (χ0) is 7.28. The molecule has 1 atom stereocenters. The Morgan fingerprint density at radius 2 is 2.11 bits per heavy atom. The fourth-order valence-electron chi connectivity index (χ4n) is 0.486. The molecule has 0 saturated carbocycles. The minimum absolute atomic E-state index is 0.604. The van der Waals surface area contributed by atoms with Gasteiger partial charge in [-0.2, -0.15) is 0 Å². The third-order valence-electron chi connectivity index (χ3n) is 1.10. The molecule has 3 nitrogen and oxygen atoms in total. The van der Waals surface area contributed by atoms with Gasteiger partial charge in [-0.25, -0.2) is 0 Å². The number of ether oxygens (including phenoxy) is 1. The van der Waals surface area contributed by atoms with Gasteiger partial charge in [-0.05, 0) is 14.1 Å². The maximum absolute atomic E-state index is 8.86. The number of methoxy groups -OCH3 is 1. The normalized spacial score (nSPS) is 14.3. The summed E-state index contributed by atoms with van der Waals surface area (Å²) in [4.78, 5) is 2.00. The van der Waals surface area contributed by atoms with Gasteiger partial charge in [0.05, 0.1) is 0 Å². The van der Waals surface area contributed by atoms with Crippen molar-refractivity contribution < 1.29 is 9.84 Å². The van der Waals surface area contributed by atoms with Crippen LogP contribution in [0.3, 0.4) is 0 Å². The van der Waals surface area contributed by atoms with Gasteiger partial charge in [0.1, 0.15) is 0 Å². The standard InChI is InChI=1S/C6H15NO2/c1-7(2)5-4-6(8)9-3/h6,8H,4-5H2,1-3H3. The fraction of sp³-hybridized carbons (Fsp3) is 1.00. The van der Waals surface area contributed by atoms with Crippen LogP contribution in [0.25, 0.3) is 0 Å². The van der Waals surface area contributed by atoms with E-state index in [0.717, 1.165) is 6.54 Å². The van der Waals surface area contributed by atoms with Crippen LogP contribution in [0.15, 0.2) is 0 Å². The lowest BCUT2D eigenvalue weighted by atomic mass is 10.4. The number of hydrogen-bond donors (Lipinski definition) is 1. The van der Waals surface area contributed by atoms with Crippen LogP contribution in [0.1, 0.15) is 6.42 Å². The van der Waals surface area contributed by atoms with Crippen molar-refractivity contribution in [2.45, 2.75) is 12.7 Å². The highest BCUT2D eigenvalue weighted by atomic mass is 16.6. The molecule has 0 fully saturated rings. The summed E-state index contributed by atoms with van der Waals surface area (Å²) in [5, 5.41) is 8.86. The van der Waals surface area contributed by atoms with Crippen molar-refractivity contribution >= 4 is 0 Å². The van der Waals surface area contributed by atoms with E-state index in [0.29, 0.717) is 6.42 Å². The van der Waals surface area contributed by atoms with E-state index in [1.165, 1.54) is 7.11 Å². The molecule has 9 heavy (non-hydrogen) atoms. The fourth-order valence-corrected chi connectivity index (χ4v) is 0.486. The average molecular weight is 133 g/mol. The Morgan fingerprint density at radius 1 is 1.56 bits per heavy atom. The van der Waals surface area contributed by atoms with Crippen molar-refractivity contribution in [3.8, 4) is 0 Å². The first kappa shape index (κ1) is 8.88. The van der Waals surface area contributed by atoms with E-state index >= 15 is 0 Å². The van der Waals surface area contributed by atoms with E-state index in [9.17, 15) is 0 Å². The molecule has 0 aromatic heterocycles. The van der Waals surface area contributed by atoms with Gasteiger partial charge in [0.25, 0.3) is 0 Å². The summed E-state index contributed by atoms with van der Waals surface area (Å²) in [6.45, 7) is 0.856.